The zero-order valence-electron chi connectivity index (χ0n) is 9.17. The van der Waals surface area contributed by atoms with Crippen molar-refractivity contribution >= 4 is 17.7 Å². The first-order valence-electron chi connectivity index (χ1n) is 5.05. The topological polar surface area (TPSA) is 76.2 Å². The molecule has 0 bridgehead atoms. The van der Waals surface area contributed by atoms with Crippen LogP contribution in [0.4, 0.5) is 4.39 Å². The molecule has 0 aliphatic rings. The molecule has 18 heavy (non-hydrogen) atoms. The van der Waals surface area contributed by atoms with Crippen LogP contribution in [-0.4, -0.2) is 27.0 Å². The van der Waals surface area contributed by atoms with Crippen LogP contribution >= 0.6 is 11.8 Å². The van der Waals surface area contributed by atoms with E-state index in [1.165, 1.54) is 12.1 Å². The van der Waals surface area contributed by atoms with E-state index in [2.05, 4.69) is 10.2 Å². The summed E-state index contributed by atoms with van der Waals surface area (Å²) < 4.78 is 18.2. The number of aliphatic carboxylic acids is 1. The highest BCUT2D eigenvalue weighted by molar-refractivity contribution is 7.99. The predicted octanol–water partition coefficient (Wildman–Crippen LogP) is 1.98. The number of rotatable bonds is 5. The van der Waals surface area contributed by atoms with Gasteiger partial charge in [-0.15, -0.1) is 10.2 Å². The first-order valence-corrected chi connectivity index (χ1v) is 6.03. The molecule has 1 aromatic carbocycles. The maximum absolute atomic E-state index is 12.9. The highest BCUT2D eigenvalue weighted by Crippen LogP contribution is 2.17. The number of benzene rings is 1. The largest absolute Gasteiger partial charge is 0.481 e. The third-order valence-corrected chi connectivity index (χ3v) is 2.82. The number of halogens is 1. The van der Waals surface area contributed by atoms with Crippen LogP contribution in [0.1, 0.15) is 11.5 Å². The number of hydrogen-bond donors (Lipinski definition) is 1. The first-order chi connectivity index (χ1) is 8.63. The van der Waals surface area contributed by atoms with Crippen molar-refractivity contribution < 1.29 is 18.7 Å². The van der Waals surface area contributed by atoms with Crippen molar-refractivity contribution in [3.8, 4) is 0 Å². The summed E-state index contributed by atoms with van der Waals surface area (Å²) in [5.74, 6) is -1.09. The Morgan fingerprint density at radius 1 is 1.44 bits per heavy atom. The van der Waals surface area contributed by atoms with Crippen LogP contribution in [0.25, 0.3) is 0 Å². The fourth-order valence-electron chi connectivity index (χ4n) is 1.31. The molecule has 0 saturated heterocycles. The molecule has 0 saturated carbocycles. The van der Waals surface area contributed by atoms with E-state index in [4.69, 9.17) is 9.52 Å². The van der Waals surface area contributed by atoms with E-state index in [9.17, 15) is 9.18 Å². The Balaban J connectivity index is 2.00. The molecular weight excluding hydrogens is 259 g/mol. The third-order valence-electron chi connectivity index (χ3n) is 2.01. The number of nitrogens with zero attached hydrogens (tertiary/aromatic N) is 2. The lowest BCUT2D eigenvalue weighted by atomic mass is 10.1. The van der Waals surface area contributed by atoms with Crippen molar-refractivity contribution in [3.63, 3.8) is 0 Å². The second-order valence-corrected chi connectivity index (χ2v) is 4.38. The molecule has 2 aromatic rings. The molecule has 0 amide bonds. The van der Waals surface area contributed by atoms with Gasteiger partial charge in [0.15, 0.2) is 0 Å². The van der Waals surface area contributed by atoms with Gasteiger partial charge in [-0.2, -0.15) is 0 Å². The van der Waals surface area contributed by atoms with Crippen LogP contribution in [0.15, 0.2) is 33.9 Å². The lowest BCUT2D eigenvalue weighted by Crippen LogP contribution is -1.97. The van der Waals surface area contributed by atoms with E-state index in [-0.39, 0.29) is 16.8 Å². The summed E-state index contributed by atoms with van der Waals surface area (Å²) >= 11 is 0.949. The highest BCUT2D eigenvalue weighted by atomic mass is 32.2. The quantitative estimate of drug-likeness (QED) is 0.835. The Kier molecular flexibility index (Phi) is 3.93. The third kappa shape index (κ3) is 3.56. The maximum Gasteiger partial charge on any atom is 0.314 e. The fourth-order valence-corrected chi connectivity index (χ4v) is 1.81. The monoisotopic (exact) mass is 268 g/mol. The van der Waals surface area contributed by atoms with Crippen LogP contribution in [0, 0.1) is 5.82 Å². The van der Waals surface area contributed by atoms with Gasteiger partial charge in [0, 0.05) is 0 Å². The summed E-state index contributed by atoms with van der Waals surface area (Å²) in [6, 6.07) is 6.08. The van der Waals surface area contributed by atoms with Crippen LogP contribution in [0.5, 0.6) is 0 Å². The van der Waals surface area contributed by atoms with Crippen LogP contribution in [0.2, 0.25) is 0 Å². The summed E-state index contributed by atoms with van der Waals surface area (Å²) in [5, 5.41) is 16.2. The number of carboxylic acids is 1. The summed E-state index contributed by atoms with van der Waals surface area (Å²) in [5.41, 5.74) is 0.716. The molecule has 1 N–H and O–H groups in total. The molecule has 0 aliphatic heterocycles. The predicted molar refractivity (Wildman–Crippen MR) is 61.9 cm³/mol. The Morgan fingerprint density at radius 2 is 2.28 bits per heavy atom. The van der Waals surface area contributed by atoms with Gasteiger partial charge in [-0.1, -0.05) is 23.9 Å². The molecule has 0 spiro atoms. The average Bonchev–Trinajstić information content (AvgIpc) is 2.74. The van der Waals surface area contributed by atoms with Gasteiger partial charge in [0.25, 0.3) is 5.22 Å². The number of hydrogen-bond acceptors (Lipinski definition) is 5. The molecule has 0 aliphatic carbocycles. The van der Waals surface area contributed by atoms with Crippen LogP contribution in [0.3, 0.4) is 0 Å². The Bertz CT molecular complexity index is 559. The van der Waals surface area contributed by atoms with Crippen molar-refractivity contribution in [3.05, 3.63) is 41.5 Å². The van der Waals surface area contributed by atoms with Crippen molar-refractivity contribution in [2.75, 3.05) is 5.75 Å². The Hall–Kier alpha value is -1.89. The molecule has 1 heterocycles. The highest BCUT2D eigenvalue weighted by Gasteiger charge is 2.09. The van der Waals surface area contributed by atoms with Gasteiger partial charge < -0.3 is 9.52 Å². The van der Waals surface area contributed by atoms with Crippen molar-refractivity contribution in [2.45, 2.75) is 11.6 Å². The zero-order valence-corrected chi connectivity index (χ0v) is 9.98. The molecule has 5 nitrogen and oxygen atoms in total. The smallest absolute Gasteiger partial charge is 0.314 e. The van der Waals surface area contributed by atoms with Crippen molar-refractivity contribution in [1.82, 2.24) is 10.2 Å². The first kappa shape index (κ1) is 12.6. The van der Waals surface area contributed by atoms with Crippen molar-refractivity contribution in [2.24, 2.45) is 0 Å². The second kappa shape index (κ2) is 5.63. The van der Waals surface area contributed by atoms with Gasteiger partial charge in [-0.3, -0.25) is 4.79 Å². The number of carbonyl (C=O) groups is 1. The minimum absolute atomic E-state index is 0.137. The standard InChI is InChI=1S/C11H9FN2O3S/c12-8-3-1-2-7(4-8)5-9-13-14-11(17-9)18-6-10(15)16/h1-4H,5-6H2,(H,15,16). The lowest BCUT2D eigenvalue weighted by Gasteiger charge is -1.96. The summed E-state index contributed by atoms with van der Waals surface area (Å²) in [6.45, 7) is 0. The second-order valence-electron chi connectivity index (χ2n) is 3.45. The number of aromatic nitrogens is 2. The number of carboxylic acid groups (broad SMARTS) is 1. The molecule has 94 valence electrons. The van der Waals surface area contributed by atoms with Gasteiger partial charge in [0.2, 0.25) is 5.89 Å². The average molecular weight is 268 g/mol. The summed E-state index contributed by atoms with van der Waals surface area (Å²) in [6.07, 6.45) is 0.318. The van der Waals surface area contributed by atoms with E-state index in [1.54, 1.807) is 12.1 Å². The molecule has 2 rings (SSSR count). The minimum Gasteiger partial charge on any atom is -0.481 e. The number of thioether (sulfide) groups is 1. The Morgan fingerprint density at radius 3 is 3.00 bits per heavy atom. The molecule has 0 atom stereocenters. The zero-order chi connectivity index (χ0) is 13.0. The van der Waals surface area contributed by atoms with E-state index in [0.29, 0.717) is 17.9 Å². The molecule has 0 fully saturated rings. The van der Waals surface area contributed by atoms with Gasteiger partial charge >= 0.3 is 5.97 Å². The maximum atomic E-state index is 12.9. The molecular formula is C11H9FN2O3S. The van der Waals surface area contributed by atoms with Gasteiger partial charge in [0.05, 0.1) is 6.42 Å². The summed E-state index contributed by atoms with van der Waals surface area (Å²) in [4.78, 5) is 10.4. The fraction of sp³-hybridized carbons (Fsp3) is 0.182. The summed E-state index contributed by atoms with van der Waals surface area (Å²) in [7, 11) is 0. The van der Waals surface area contributed by atoms with Gasteiger partial charge in [0.1, 0.15) is 11.6 Å². The van der Waals surface area contributed by atoms with Crippen LogP contribution < -0.4 is 0 Å². The van der Waals surface area contributed by atoms with E-state index >= 15 is 0 Å². The van der Waals surface area contributed by atoms with Crippen LogP contribution in [-0.2, 0) is 11.2 Å². The molecule has 7 heteroatoms. The molecule has 1 aromatic heterocycles. The van der Waals surface area contributed by atoms with Gasteiger partial charge in [-0.05, 0) is 17.7 Å². The normalized spacial score (nSPS) is 10.5. The van der Waals surface area contributed by atoms with E-state index in [0.717, 1.165) is 11.8 Å². The lowest BCUT2D eigenvalue weighted by molar-refractivity contribution is -0.133. The minimum atomic E-state index is -0.954. The molecule has 0 unspecified atom stereocenters. The molecule has 0 radical (unpaired) electrons. The van der Waals surface area contributed by atoms with E-state index < -0.39 is 5.97 Å². The SMILES string of the molecule is O=C(O)CSc1nnc(Cc2cccc(F)c2)o1. The van der Waals surface area contributed by atoms with Crippen molar-refractivity contribution in [1.29, 1.82) is 0 Å². The van der Waals surface area contributed by atoms with Gasteiger partial charge in [-0.25, -0.2) is 4.39 Å². The van der Waals surface area contributed by atoms with E-state index in [1.807, 2.05) is 0 Å². The Labute approximate surface area is 106 Å².